The fraction of sp³-hybridized carbons (Fsp3) is 0.390. The van der Waals surface area contributed by atoms with Crippen LogP contribution >= 0.6 is 0 Å². The number of hydrogen-bond acceptors (Lipinski definition) is 5. The number of aryl methyl sites for hydroxylation is 3. The minimum absolute atomic E-state index is 0.0198. The topological polar surface area (TPSA) is 56.8 Å². The van der Waals surface area contributed by atoms with Crippen molar-refractivity contribution in [2.45, 2.75) is 79.3 Å². The van der Waals surface area contributed by atoms with Crippen molar-refractivity contribution < 1.29 is 9.53 Å². The average molecular weight is 633 g/mol. The summed E-state index contributed by atoms with van der Waals surface area (Å²) in [5.74, 6) is 3.41. The predicted octanol–water partition coefficient (Wildman–Crippen LogP) is 8.87. The van der Waals surface area contributed by atoms with Gasteiger partial charge >= 0.3 is 0 Å². The van der Waals surface area contributed by atoms with Crippen molar-refractivity contribution in [3.05, 3.63) is 108 Å². The van der Waals surface area contributed by atoms with Crippen LogP contribution in [-0.4, -0.2) is 47.5 Å². The number of ether oxygens (including phenoxy) is 1. The quantitative estimate of drug-likeness (QED) is 0.246. The van der Waals surface area contributed by atoms with Crippen molar-refractivity contribution in [3.8, 4) is 18.1 Å². The summed E-state index contributed by atoms with van der Waals surface area (Å²) < 4.78 is 6.34. The molecule has 2 saturated heterocycles. The number of carbonyl (C=O) groups excluding carboxylic acids is 1. The van der Waals surface area contributed by atoms with Crippen molar-refractivity contribution in [1.29, 1.82) is 0 Å². The maximum atomic E-state index is 13.3. The Kier molecular flexibility index (Phi) is 11.1. The SMILES string of the molecule is C#CC.C=C1CC2C(=C)Nc3cc(CCC(C)COc4cc5c(cc4C)C(=O)N4CC(=C)CC4C(=C)N5)c(C)cc3C(=C)N2C1.CC. The molecule has 0 saturated carbocycles. The number of carbonyl (C=O) groups is 1. The Morgan fingerprint density at radius 1 is 0.894 bits per heavy atom. The van der Waals surface area contributed by atoms with Gasteiger partial charge in [0.1, 0.15) is 5.75 Å². The molecule has 0 aliphatic carbocycles. The van der Waals surface area contributed by atoms with Gasteiger partial charge in [-0.1, -0.05) is 64.8 Å². The Balaban J connectivity index is 0.000000947. The van der Waals surface area contributed by atoms with Gasteiger partial charge in [0.2, 0.25) is 0 Å². The minimum atomic E-state index is -0.0537. The molecule has 0 aromatic heterocycles. The second-order valence-electron chi connectivity index (χ2n) is 13.0. The summed E-state index contributed by atoms with van der Waals surface area (Å²) >= 11 is 0. The predicted molar refractivity (Wildman–Crippen MR) is 199 cm³/mol. The van der Waals surface area contributed by atoms with E-state index in [4.69, 9.17) is 4.74 Å². The zero-order chi connectivity index (χ0) is 34.6. The molecule has 2 aromatic rings. The summed E-state index contributed by atoms with van der Waals surface area (Å²) in [6.07, 6.45) is 8.22. The van der Waals surface area contributed by atoms with Crippen LogP contribution in [0.3, 0.4) is 0 Å². The standard InChI is InChI=1S/C36H42N4O2.C3H4.C2H6/c1-20(9-10-28-15-31-29(13-23(28)4)27(8)39-17-21(2)11-33(39)25(6)37-31)19-42-35-16-32-30(14-24(35)5)36(41)40-18-22(3)12-34(40)26(7)38-32;1-3-2;1-2/h13-16,20,33-34,37-38H,2-3,6-12,17-19H2,1,4-5H3;1H,2H3;1-2H3. The molecule has 4 aliphatic rings. The number of anilines is 2. The van der Waals surface area contributed by atoms with Gasteiger partial charge in [-0.25, -0.2) is 0 Å². The third kappa shape index (κ3) is 7.36. The number of benzene rings is 2. The van der Waals surface area contributed by atoms with Gasteiger partial charge < -0.3 is 25.2 Å². The van der Waals surface area contributed by atoms with Gasteiger partial charge in [0.05, 0.1) is 29.9 Å². The van der Waals surface area contributed by atoms with E-state index in [1.54, 1.807) is 6.92 Å². The Morgan fingerprint density at radius 2 is 1.43 bits per heavy atom. The molecule has 3 atom stereocenters. The molecule has 2 fully saturated rings. The maximum Gasteiger partial charge on any atom is 0.256 e. The van der Waals surface area contributed by atoms with Crippen molar-refractivity contribution >= 4 is 23.0 Å². The molecule has 47 heavy (non-hydrogen) atoms. The highest BCUT2D eigenvalue weighted by Gasteiger charge is 2.37. The van der Waals surface area contributed by atoms with E-state index >= 15 is 0 Å². The van der Waals surface area contributed by atoms with Gasteiger partial charge in [0.15, 0.2) is 0 Å². The van der Waals surface area contributed by atoms with Gasteiger partial charge in [0.25, 0.3) is 5.91 Å². The van der Waals surface area contributed by atoms with Crippen LogP contribution in [0.5, 0.6) is 5.75 Å². The second-order valence-corrected chi connectivity index (χ2v) is 13.0. The van der Waals surface area contributed by atoms with E-state index in [1.807, 2.05) is 37.8 Å². The number of terminal acetylenes is 1. The lowest BCUT2D eigenvalue weighted by molar-refractivity contribution is 0.0764. The minimum Gasteiger partial charge on any atom is -0.493 e. The van der Waals surface area contributed by atoms with Gasteiger partial charge in [-0.2, -0.15) is 0 Å². The fourth-order valence-electron chi connectivity index (χ4n) is 6.75. The fourth-order valence-corrected chi connectivity index (χ4v) is 6.75. The zero-order valence-corrected chi connectivity index (χ0v) is 29.3. The van der Waals surface area contributed by atoms with Crippen molar-refractivity contribution in [2.75, 3.05) is 30.3 Å². The van der Waals surface area contributed by atoms with Gasteiger partial charge in [-0.15, -0.1) is 12.3 Å². The Hall–Kier alpha value is -4.63. The molecular weight excluding hydrogens is 580 g/mol. The van der Waals surface area contributed by atoms with E-state index in [-0.39, 0.29) is 18.0 Å². The number of fused-ring (bicyclic) bond motifs is 4. The number of nitrogens with zero attached hydrogens (tertiary/aromatic N) is 2. The van der Waals surface area contributed by atoms with E-state index in [1.165, 1.54) is 16.7 Å². The largest absolute Gasteiger partial charge is 0.493 e. The number of amides is 1. The molecule has 248 valence electrons. The highest BCUT2D eigenvalue weighted by Crippen LogP contribution is 2.41. The van der Waals surface area contributed by atoms with Gasteiger partial charge in [-0.3, -0.25) is 4.79 Å². The van der Waals surface area contributed by atoms with E-state index < -0.39 is 0 Å². The average Bonchev–Trinajstić information content (AvgIpc) is 3.59. The van der Waals surface area contributed by atoms with E-state index in [9.17, 15) is 4.79 Å². The summed E-state index contributed by atoms with van der Waals surface area (Å²) in [6, 6.07) is 8.59. The summed E-state index contributed by atoms with van der Waals surface area (Å²) in [6.45, 7) is 35.4. The summed E-state index contributed by atoms with van der Waals surface area (Å²) in [4.78, 5) is 17.5. The molecule has 6 nitrogen and oxygen atoms in total. The van der Waals surface area contributed by atoms with E-state index in [0.717, 1.165) is 83.1 Å². The van der Waals surface area contributed by atoms with Crippen LogP contribution in [0.2, 0.25) is 0 Å². The first-order valence-corrected chi connectivity index (χ1v) is 16.7. The molecular formula is C41H52N4O2. The third-order valence-corrected chi connectivity index (χ3v) is 9.27. The van der Waals surface area contributed by atoms with Crippen LogP contribution in [0.1, 0.15) is 79.6 Å². The van der Waals surface area contributed by atoms with E-state index in [2.05, 4.69) is 86.8 Å². The summed E-state index contributed by atoms with van der Waals surface area (Å²) in [5.41, 5.74) is 12.4. The molecule has 6 rings (SSSR count). The highest BCUT2D eigenvalue weighted by atomic mass is 16.5. The first-order chi connectivity index (χ1) is 22.4. The molecule has 2 N–H and O–H groups in total. The maximum absolute atomic E-state index is 13.3. The zero-order valence-electron chi connectivity index (χ0n) is 29.3. The summed E-state index contributed by atoms with van der Waals surface area (Å²) in [5, 5.41) is 7.00. The van der Waals surface area contributed by atoms with E-state index in [0.29, 0.717) is 24.6 Å². The highest BCUT2D eigenvalue weighted by molar-refractivity contribution is 6.02. The lowest BCUT2D eigenvalue weighted by Crippen LogP contribution is -2.35. The second kappa shape index (κ2) is 14.9. The first kappa shape index (κ1) is 35.2. The molecule has 3 unspecified atom stereocenters. The molecule has 1 amide bonds. The third-order valence-electron chi connectivity index (χ3n) is 9.27. The molecule has 6 heteroatoms. The smallest absolute Gasteiger partial charge is 0.256 e. The molecule has 0 bridgehead atoms. The molecule has 0 radical (unpaired) electrons. The van der Waals surface area contributed by atoms with Crippen LogP contribution in [-0.2, 0) is 6.42 Å². The monoisotopic (exact) mass is 632 g/mol. The normalized spacial score (nSPS) is 20.0. The van der Waals surface area contributed by atoms with Crippen LogP contribution in [0.15, 0.2) is 79.7 Å². The van der Waals surface area contributed by atoms with Crippen LogP contribution < -0.4 is 15.4 Å². The number of rotatable bonds is 6. The first-order valence-electron chi connectivity index (χ1n) is 16.7. The van der Waals surface area contributed by atoms with Crippen LogP contribution in [0.4, 0.5) is 11.4 Å². The van der Waals surface area contributed by atoms with Gasteiger partial charge in [0, 0.05) is 47.5 Å². The Morgan fingerprint density at radius 3 is 2.04 bits per heavy atom. The lowest BCUT2D eigenvalue weighted by atomic mass is 9.95. The Bertz CT molecular complexity index is 1540. The molecule has 0 spiro atoms. The van der Waals surface area contributed by atoms with Crippen LogP contribution in [0, 0.1) is 32.1 Å². The number of hydrogen-bond donors (Lipinski definition) is 2. The van der Waals surface area contributed by atoms with Crippen LogP contribution in [0.25, 0.3) is 5.70 Å². The molecule has 4 aliphatic heterocycles. The molecule has 2 aromatic carbocycles. The Labute approximate surface area is 283 Å². The van der Waals surface area contributed by atoms with Crippen molar-refractivity contribution in [3.63, 3.8) is 0 Å². The van der Waals surface area contributed by atoms with Gasteiger partial charge in [-0.05, 0) is 87.3 Å². The lowest BCUT2D eigenvalue weighted by Gasteiger charge is -2.26. The van der Waals surface area contributed by atoms with Crippen molar-refractivity contribution in [1.82, 2.24) is 9.80 Å². The summed E-state index contributed by atoms with van der Waals surface area (Å²) in [7, 11) is 0. The van der Waals surface area contributed by atoms with Crippen molar-refractivity contribution in [2.24, 2.45) is 5.92 Å². The number of nitrogens with one attached hydrogen (secondary N) is 2. The molecule has 4 heterocycles.